The molecule has 0 heterocycles. The number of carbonyl (C=O) groups excluding carboxylic acids is 2. The van der Waals surface area contributed by atoms with Gasteiger partial charge in [0.15, 0.2) is 6.29 Å². The van der Waals surface area contributed by atoms with Gasteiger partial charge >= 0.3 is 0 Å². The molecule has 1 unspecified atom stereocenters. The molecule has 0 aromatic carbocycles. The summed E-state index contributed by atoms with van der Waals surface area (Å²) in [7, 11) is 0. The van der Waals surface area contributed by atoms with Crippen LogP contribution in [0, 0.1) is 5.92 Å². The van der Waals surface area contributed by atoms with E-state index >= 15 is 0 Å². The van der Waals surface area contributed by atoms with Crippen LogP contribution < -0.4 is 5.73 Å². The zero-order valence-electron chi connectivity index (χ0n) is 6.67. The summed E-state index contributed by atoms with van der Waals surface area (Å²) in [5.41, 5.74) is 5.56. The first kappa shape index (κ1) is 10.1. The molecule has 0 saturated carbocycles. The van der Waals surface area contributed by atoms with Gasteiger partial charge in [-0.15, -0.1) is 0 Å². The Bertz CT molecular complexity index is 167. The lowest BCUT2D eigenvalue weighted by molar-refractivity contribution is -0.105. The number of aldehydes is 1. The molecule has 0 amide bonds. The van der Waals surface area contributed by atoms with Crippen LogP contribution in [-0.2, 0) is 9.59 Å². The van der Waals surface area contributed by atoms with Crippen LogP contribution in [0.4, 0.5) is 0 Å². The van der Waals surface area contributed by atoms with Crippen molar-refractivity contribution < 1.29 is 9.59 Å². The lowest BCUT2D eigenvalue weighted by Crippen LogP contribution is -2.14. The van der Waals surface area contributed by atoms with E-state index in [2.05, 4.69) is 0 Å². The van der Waals surface area contributed by atoms with Crippen LogP contribution in [0.2, 0.25) is 0 Å². The SMILES string of the molecule is CCC(CN)CC(=C=O)C=O. The van der Waals surface area contributed by atoms with Gasteiger partial charge in [-0.2, -0.15) is 0 Å². The minimum absolute atomic E-state index is 0.183. The smallest absolute Gasteiger partial charge is 0.157 e. The molecule has 0 radical (unpaired) electrons. The van der Waals surface area contributed by atoms with Crippen LogP contribution in [0.1, 0.15) is 19.8 Å². The second-order valence-corrected chi connectivity index (χ2v) is 2.46. The molecular formula is C8H13NO2. The highest BCUT2D eigenvalue weighted by Crippen LogP contribution is 2.09. The number of hydrogen-bond donors (Lipinski definition) is 1. The second kappa shape index (κ2) is 5.83. The molecule has 11 heavy (non-hydrogen) atoms. The van der Waals surface area contributed by atoms with Gasteiger partial charge in [0, 0.05) is 0 Å². The van der Waals surface area contributed by atoms with Gasteiger partial charge in [0.25, 0.3) is 0 Å². The number of allylic oxidation sites excluding steroid dienone is 1. The zero-order chi connectivity index (χ0) is 8.69. The maximum absolute atomic E-state index is 10.2. The Labute approximate surface area is 66.3 Å². The lowest BCUT2D eigenvalue weighted by atomic mass is 9.99. The molecule has 2 N–H and O–H groups in total. The molecule has 0 spiro atoms. The molecule has 0 aliphatic carbocycles. The third-order valence-corrected chi connectivity index (χ3v) is 1.69. The molecule has 0 aromatic heterocycles. The molecule has 0 aliphatic heterocycles. The molecule has 3 nitrogen and oxygen atoms in total. The summed E-state index contributed by atoms with van der Waals surface area (Å²) >= 11 is 0. The maximum Gasteiger partial charge on any atom is 0.157 e. The van der Waals surface area contributed by atoms with E-state index in [9.17, 15) is 9.59 Å². The minimum atomic E-state index is 0.183. The monoisotopic (exact) mass is 155 g/mol. The highest BCUT2D eigenvalue weighted by atomic mass is 16.1. The van der Waals surface area contributed by atoms with E-state index in [1.165, 1.54) is 0 Å². The van der Waals surface area contributed by atoms with Crippen LogP contribution in [0.25, 0.3) is 0 Å². The lowest BCUT2D eigenvalue weighted by Gasteiger charge is -2.08. The van der Waals surface area contributed by atoms with E-state index in [1.807, 2.05) is 6.92 Å². The number of rotatable bonds is 5. The summed E-state index contributed by atoms with van der Waals surface area (Å²) in [6.07, 6.45) is 1.89. The molecule has 62 valence electrons. The topological polar surface area (TPSA) is 60.2 Å². The molecule has 0 aliphatic rings. The third kappa shape index (κ3) is 3.71. The van der Waals surface area contributed by atoms with Crippen LogP contribution in [-0.4, -0.2) is 18.8 Å². The van der Waals surface area contributed by atoms with Crippen LogP contribution >= 0.6 is 0 Å². The first-order valence-corrected chi connectivity index (χ1v) is 3.67. The van der Waals surface area contributed by atoms with Crippen molar-refractivity contribution in [2.24, 2.45) is 11.7 Å². The van der Waals surface area contributed by atoms with Crippen LogP contribution in [0.3, 0.4) is 0 Å². The van der Waals surface area contributed by atoms with Gasteiger partial charge in [0.05, 0.1) is 5.57 Å². The fraction of sp³-hybridized carbons (Fsp3) is 0.625. The predicted octanol–water partition coefficient (Wildman–Crippen LogP) is 0.318. The van der Waals surface area contributed by atoms with Gasteiger partial charge < -0.3 is 5.73 Å². The minimum Gasteiger partial charge on any atom is -0.330 e. The van der Waals surface area contributed by atoms with Crippen molar-refractivity contribution in [3.05, 3.63) is 5.57 Å². The van der Waals surface area contributed by atoms with E-state index in [0.29, 0.717) is 19.3 Å². The Morgan fingerprint density at radius 1 is 1.73 bits per heavy atom. The predicted molar refractivity (Wildman–Crippen MR) is 42.7 cm³/mol. The molecule has 0 aromatic rings. The van der Waals surface area contributed by atoms with Crippen molar-refractivity contribution in [1.29, 1.82) is 0 Å². The molecule has 0 saturated heterocycles. The van der Waals surface area contributed by atoms with Gasteiger partial charge in [0.1, 0.15) is 5.94 Å². The quantitative estimate of drug-likeness (QED) is 0.353. The summed E-state index contributed by atoms with van der Waals surface area (Å²) in [5.74, 6) is 1.83. The average Bonchev–Trinajstić information content (AvgIpc) is 2.07. The van der Waals surface area contributed by atoms with E-state index in [0.717, 1.165) is 6.42 Å². The largest absolute Gasteiger partial charge is 0.330 e. The van der Waals surface area contributed by atoms with Gasteiger partial charge in [0.2, 0.25) is 0 Å². The molecule has 1 atom stereocenters. The average molecular weight is 155 g/mol. The van der Waals surface area contributed by atoms with E-state index < -0.39 is 0 Å². The van der Waals surface area contributed by atoms with Crippen molar-refractivity contribution in [1.82, 2.24) is 0 Å². The van der Waals surface area contributed by atoms with Crippen molar-refractivity contribution in [2.75, 3.05) is 6.54 Å². The fourth-order valence-corrected chi connectivity index (χ4v) is 0.819. The molecule has 3 heteroatoms. The van der Waals surface area contributed by atoms with Crippen molar-refractivity contribution in [2.45, 2.75) is 19.8 Å². The Balaban J connectivity index is 3.98. The molecular weight excluding hydrogens is 142 g/mol. The van der Waals surface area contributed by atoms with Crippen LogP contribution in [0.5, 0.6) is 0 Å². The highest BCUT2D eigenvalue weighted by Gasteiger charge is 2.06. The zero-order valence-corrected chi connectivity index (χ0v) is 6.67. The Morgan fingerprint density at radius 2 is 2.36 bits per heavy atom. The first-order chi connectivity index (χ1) is 5.28. The van der Waals surface area contributed by atoms with Gasteiger partial charge in [-0.25, -0.2) is 4.79 Å². The molecule has 0 bridgehead atoms. The second-order valence-electron chi connectivity index (χ2n) is 2.46. The van der Waals surface area contributed by atoms with Gasteiger partial charge in [-0.3, -0.25) is 4.79 Å². The molecule has 0 rings (SSSR count). The maximum atomic E-state index is 10.2. The summed E-state index contributed by atoms with van der Waals surface area (Å²) in [6.45, 7) is 2.49. The van der Waals surface area contributed by atoms with Crippen molar-refractivity contribution in [3.8, 4) is 0 Å². The molecule has 0 fully saturated rings. The van der Waals surface area contributed by atoms with E-state index in [4.69, 9.17) is 5.73 Å². The first-order valence-electron chi connectivity index (χ1n) is 3.67. The van der Waals surface area contributed by atoms with Crippen molar-refractivity contribution >= 4 is 12.2 Å². The summed E-state index contributed by atoms with van der Waals surface area (Å²) < 4.78 is 0. The van der Waals surface area contributed by atoms with Crippen LogP contribution in [0.15, 0.2) is 5.57 Å². The van der Waals surface area contributed by atoms with Gasteiger partial charge in [-0.05, 0) is 18.9 Å². The number of nitrogens with two attached hydrogens (primary N) is 1. The van der Waals surface area contributed by atoms with Crippen molar-refractivity contribution in [3.63, 3.8) is 0 Å². The number of hydrogen-bond acceptors (Lipinski definition) is 3. The standard InChI is InChI=1S/C8H13NO2/c1-2-7(4-9)3-8(5-10)6-11/h5,7H,2-4,9H2,1H3. The fourth-order valence-electron chi connectivity index (χ4n) is 0.819. The normalized spacial score (nSPS) is 11.8. The Morgan fingerprint density at radius 3 is 2.64 bits per heavy atom. The van der Waals surface area contributed by atoms with Gasteiger partial charge in [-0.1, -0.05) is 13.3 Å². The third-order valence-electron chi connectivity index (χ3n) is 1.69. The Hall–Kier alpha value is -0.920. The number of carbonyl (C=O) groups is 1. The summed E-state index contributed by atoms with van der Waals surface area (Å²) in [5, 5.41) is 0. The van der Waals surface area contributed by atoms with E-state index in [-0.39, 0.29) is 11.5 Å². The van der Waals surface area contributed by atoms with E-state index in [1.54, 1.807) is 5.94 Å². The summed E-state index contributed by atoms with van der Waals surface area (Å²) in [6, 6.07) is 0. The Kier molecular flexibility index (Phi) is 5.35. The summed E-state index contributed by atoms with van der Waals surface area (Å²) in [4.78, 5) is 20.2. The highest BCUT2D eigenvalue weighted by molar-refractivity contribution is 5.85.